The smallest absolute Gasteiger partial charge is 0.252 e. The lowest BCUT2D eigenvalue weighted by atomic mass is 10.0. The second-order valence-corrected chi connectivity index (χ2v) is 8.97. The van der Waals surface area contributed by atoms with Crippen LogP contribution in [-0.4, -0.2) is 47.4 Å². The maximum Gasteiger partial charge on any atom is 0.252 e. The van der Waals surface area contributed by atoms with Crippen molar-refractivity contribution in [2.45, 2.75) is 46.1 Å². The van der Waals surface area contributed by atoms with Gasteiger partial charge in [0.1, 0.15) is 0 Å². The number of hydrogen-bond acceptors (Lipinski definition) is 4. The van der Waals surface area contributed by atoms with Crippen molar-refractivity contribution >= 4 is 28.4 Å². The number of amides is 2. The summed E-state index contributed by atoms with van der Waals surface area (Å²) in [7, 11) is 0. The third-order valence-electron chi connectivity index (χ3n) is 6.33. The first kappa shape index (κ1) is 22.9. The Morgan fingerprint density at radius 2 is 1.88 bits per heavy atom. The van der Waals surface area contributed by atoms with Crippen molar-refractivity contribution in [3.05, 3.63) is 59.7 Å². The Bertz CT molecular complexity index is 1160. The summed E-state index contributed by atoms with van der Waals surface area (Å²) < 4.78 is 0. The lowest BCUT2D eigenvalue weighted by molar-refractivity contribution is -0.114. The van der Waals surface area contributed by atoms with Gasteiger partial charge in [-0.05, 0) is 63.6 Å². The first-order valence-electron chi connectivity index (χ1n) is 11.7. The van der Waals surface area contributed by atoms with Crippen LogP contribution in [0.2, 0.25) is 0 Å². The molecular formula is C27H32N4O2. The second-order valence-electron chi connectivity index (χ2n) is 8.97. The molecule has 1 aliphatic heterocycles. The number of piperidine rings is 1. The van der Waals surface area contributed by atoms with E-state index in [2.05, 4.69) is 22.5 Å². The Labute approximate surface area is 195 Å². The van der Waals surface area contributed by atoms with Gasteiger partial charge in [-0.15, -0.1) is 0 Å². The van der Waals surface area contributed by atoms with E-state index in [0.29, 0.717) is 18.2 Å². The van der Waals surface area contributed by atoms with E-state index in [-0.39, 0.29) is 11.8 Å². The number of aromatic nitrogens is 1. The Morgan fingerprint density at radius 1 is 1.09 bits per heavy atom. The van der Waals surface area contributed by atoms with Gasteiger partial charge < -0.3 is 10.6 Å². The van der Waals surface area contributed by atoms with Crippen molar-refractivity contribution in [3.63, 3.8) is 0 Å². The molecule has 0 bridgehead atoms. The molecule has 1 saturated heterocycles. The number of aryl methyl sites for hydroxylation is 1. The molecular weight excluding hydrogens is 412 g/mol. The Morgan fingerprint density at radius 3 is 2.61 bits per heavy atom. The van der Waals surface area contributed by atoms with E-state index in [1.165, 1.54) is 26.2 Å². The maximum absolute atomic E-state index is 13.2. The highest BCUT2D eigenvalue weighted by Crippen LogP contribution is 2.27. The third-order valence-corrected chi connectivity index (χ3v) is 6.33. The fourth-order valence-corrected chi connectivity index (χ4v) is 4.50. The molecule has 2 aromatic carbocycles. The lowest BCUT2D eigenvalue weighted by Gasteiger charge is -2.33. The molecule has 2 heterocycles. The largest absolute Gasteiger partial charge is 0.351 e. The SMILES string of the molecule is CC(=O)Nc1ccc(-c2cc(C(=O)NCCN3CCCC[C@@H]3C)c3cc(C)ccc3n2)cc1. The van der Waals surface area contributed by atoms with Crippen LogP contribution in [-0.2, 0) is 4.79 Å². The molecule has 1 fully saturated rings. The number of benzene rings is 2. The number of hydrogen-bond donors (Lipinski definition) is 2. The van der Waals surface area contributed by atoms with E-state index in [1.54, 1.807) is 0 Å². The molecule has 1 atom stereocenters. The van der Waals surface area contributed by atoms with Crippen molar-refractivity contribution in [2.24, 2.45) is 0 Å². The molecule has 0 spiro atoms. The summed E-state index contributed by atoms with van der Waals surface area (Å²) in [4.78, 5) is 31.8. The highest BCUT2D eigenvalue weighted by atomic mass is 16.2. The standard InChI is InChI=1S/C27H32N4O2/c1-18-7-12-25-23(16-18)24(27(33)28-13-15-31-14-5-4-6-19(31)2)17-26(30-25)21-8-10-22(11-9-21)29-20(3)32/h7-12,16-17,19H,4-6,13-15H2,1-3H3,(H,28,33)(H,29,32)/t19-/m0/s1. The van der Waals surface area contributed by atoms with Crippen molar-refractivity contribution in [1.29, 1.82) is 0 Å². The highest BCUT2D eigenvalue weighted by molar-refractivity contribution is 6.07. The van der Waals surface area contributed by atoms with Gasteiger partial charge in [-0.2, -0.15) is 0 Å². The maximum atomic E-state index is 13.2. The van der Waals surface area contributed by atoms with Gasteiger partial charge in [0.15, 0.2) is 0 Å². The molecule has 2 N–H and O–H groups in total. The summed E-state index contributed by atoms with van der Waals surface area (Å²) >= 11 is 0. The first-order valence-corrected chi connectivity index (χ1v) is 11.7. The minimum atomic E-state index is -0.111. The van der Waals surface area contributed by atoms with Crippen LogP contribution in [0.4, 0.5) is 5.69 Å². The minimum Gasteiger partial charge on any atom is -0.351 e. The van der Waals surface area contributed by atoms with Crippen molar-refractivity contribution in [1.82, 2.24) is 15.2 Å². The number of carbonyl (C=O) groups is 2. The van der Waals surface area contributed by atoms with Crippen molar-refractivity contribution in [3.8, 4) is 11.3 Å². The Hall–Kier alpha value is -3.25. The summed E-state index contributed by atoms with van der Waals surface area (Å²) in [5.41, 5.74) is 4.87. The number of carbonyl (C=O) groups excluding carboxylic acids is 2. The van der Waals surface area contributed by atoms with Crippen molar-refractivity contribution in [2.75, 3.05) is 25.0 Å². The number of rotatable bonds is 6. The summed E-state index contributed by atoms with van der Waals surface area (Å²) in [6.45, 7) is 8.37. The monoisotopic (exact) mass is 444 g/mol. The van der Waals surface area contributed by atoms with E-state index < -0.39 is 0 Å². The summed E-state index contributed by atoms with van der Waals surface area (Å²) in [6.07, 6.45) is 3.75. The molecule has 1 aromatic heterocycles. The van der Waals surface area contributed by atoms with E-state index >= 15 is 0 Å². The molecule has 4 rings (SSSR count). The summed E-state index contributed by atoms with van der Waals surface area (Å²) in [5.74, 6) is -0.186. The first-order chi connectivity index (χ1) is 15.9. The van der Waals surface area contributed by atoms with Crippen LogP contribution < -0.4 is 10.6 Å². The molecule has 6 nitrogen and oxygen atoms in total. The molecule has 172 valence electrons. The van der Waals surface area contributed by atoms with Crippen LogP contribution in [0, 0.1) is 6.92 Å². The topological polar surface area (TPSA) is 74.3 Å². The van der Waals surface area contributed by atoms with Gasteiger partial charge in [-0.3, -0.25) is 14.5 Å². The van der Waals surface area contributed by atoms with Crippen LogP contribution in [0.15, 0.2) is 48.5 Å². The molecule has 0 saturated carbocycles. The van der Waals surface area contributed by atoms with Gasteiger partial charge in [0, 0.05) is 42.7 Å². The summed E-state index contributed by atoms with van der Waals surface area (Å²) in [6, 6.07) is 16.0. The van der Waals surface area contributed by atoms with Crippen LogP contribution in [0.25, 0.3) is 22.2 Å². The average Bonchev–Trinajstić information content (AvgIpc) is 2.79. The van der Waals surface area contributed by atoms with Gasteiger partial charge in [0.25, 0.3) is 5.91 Å². The Kier molecular flexibility index (Phi) is 7.04. The molecule has 3 aromatic rings. The van der Waals surface area contributed by atoms with Crippen LogP contribution >= 0.6 is 0 Å². The van der Waals surface area contributed by atoms with Crippen LogP contribution in [0.3, 0.4) is 0 Å². The number of likely N-dealkylation sites (tertiary alicyclic amines) is 1. The molecule has 2 amide bonds. The number of anilines is 1. The number of nitrogens with zero attached hydrogens (tertiary/aromatic N) is 2. The molecule has 0 radical (unpaired) electrons. The fourth-order valence-electron chi connectivity index (χ4n) is 4.50. The van der Waals surface area contributed by atoms with Gasteiger partial charge in [-0.25, -0.2) is 4.98 Å². The van der Waals surface area contributed by atoms with Gasteiger partial charge in [0.05, 0.1) is 16.8 Å². The zero-order valence-electron chi connectivity index (χ0n) is 19.6. The molecule has 0 aliphatic carbocycles. The van der Waals surface area contributed by atoms with E-state index in [0.717, 1.165) is 46.5 Å². The zero-order chi connectivity index (χ0) is 23.4. The second kappa shape index (κ2) is 10.1. The third kappa shape index (κ3) is 5.57. The lowest BCUT2D eigenvalue weighted by Crippen LogP contribution is -2.42. The van der Waals surface area contributed by atoms with Crippen molar-refractivity contribution < 1.29 is 9.59 Å². The van der Waals surface area contributed by atoms with Crippen LogP contribution in [0.5, 0.6) is 0 Å². The molecule has 0 unspecified atom stereocenters. The normalized spacial score (nSPS) is 16.5. The van der Waals surface area contributed by atoms with Gasteiger partial charge in [-0.1, -0.05) is 30.2 Å². The van der Waals surface area contributed by atoms with Crippen LogP contribution in [0.1, 0.15) is 49.0 Å². The quantitative estimate of drug-likeness (QED) is 0.574. The number of fused-ring (bicyclic) bond motifs is 1. The van der Waals surface area contributed by atoms with Gasteiger partial charge >= 0.3 is 0 Å². The number of pyridine rings is 1. The highest BCUT2D eigenvalue weighted by Gasteiger charge is 2.19. The summed E-state index contributed by atoms with van der Waals surface area (Å²) in [5, 5.41) is 6.77. The fraction of sp³-hybridized carbons (Fsp3) is 0.370. The molecule has 1 aliphatic rings. The zero-order valence-corrected chi connectivity index (χ0v) is 19.6. The molecule has 33 heavy (non-hydrogen) atoms. The number of nitrogens with one attached hydrogen (secondary N) is 2. The molecule has 6 heteroatoms. The predicted molar refractivity (Wildman–Crippen MR) is 133 cm³/mol. The predicted octanol–water partition coefficient (Wildman–Crippen LogP) is 4.77. The Balaban J connectivity index is 1.58. The van der Waals surface area contributed by atoms with E-state index in [9.17, 15) is 9.59 Å². The average molecular weight is 445 g/mol. The van der Waals surface area contributed by atoms with Gasteiger partial charge in [0.2, 0.25) is 5.91 Å². The minimum absolute atomic E-state index is 0.0752. The van der Waals surface area contributed by atoms with E-state index in [1.807, 2.05) is 55.5 Å². The van der Waals surface area contributed by atoms with E-state index in [4.69, 9.17) is 4.98 Å².